The van der Waals surface area contributed by atoms with Crippen molar-refractivity contribution in [3.63, 3.8) is 0 Å². The van der Waals surface area contributed by atoms with Crippen LogP contribution in [0.25, 0.3) is 10.9 Å². The van der Waals surface area contributed by atoms with Gasteiger partial charge in [0.05, 0.1) is 6.61 Å². The van der Waals surface area contributed by atoms with Crippen LogP contribution in [0.2, 0.25) is 0 Å². The summed E-state index contributed by atoms with van der Waals surface area (Å²) in [4.78, 5) is 14.4. The highest BCUT2D eigenvalue weighted by molar-refractivity contribution is 5.84. The van der Waals surface area contributed by atoms with Crippen LogP contribution in [0.3, 0.4) is 0 Å². The van der Waals surface area contributed by atoms with E-state index in [4.69, 9.17) is 0 Å². The number of fused-ring (bicyclic) bond motifs is 1. The molecule has 0 aliphatic rings. The minimum atomic E-state index is -4.62. The molecule has 2 rings (SSSR count). The Hall–Kier alpha value is -1.98. The lowest BCUT2D eigenvalue weighted by Gasteiger charge is -2.18. The van der Waals surface area contributed by atoms with Crippen LogP contribution < -0.4 is 0 Å². The van der Waals surface area contributed by atoms with Gasteiger partial charge < -0.3 is 9.72 Å². The Labute approximate surface area is 113 Å². The molecule has 20 heavy (non-hydrogen) atoms. The van der Waals surface area contributed by atoms with Crippen molar-refractivity contribution in [3.05, 3.63) is 36.0 Å². The van der Waals surface area contributed by atoms with E-state index in [1.165, 1.54) is 13.1 Å². The van der Waals surface area contributed by atoms with E-state index in [9.17, 15) is 18.0 Å². The number of carbonyl (C=O) groups excluding carboxylic acids is 1. The quantitative estimate of drug-likeness (QED) is 0.874. The third-order valence-electron chi connectivity index (χ3n) is 3.07. The Morgan fingerprint density at radius 2 is 2.05 bits per heavy atom. The Kier molecular flexibility index (Phi) is 4.01. The number of hydrogen-bond acceptors (Lipinski definition) is 2. The first-order valence-electron chi connectivity index (χ1n) is 6.21. The number of benzene rings is 1. The third kappa shape index (κ3) is 2.95. The summed E-state index contributed by atoms with van der Waals surface area (Å²) in [5, 5.41) is 0.686. The van der Waals surface area contributed by atoms with E-state index in [-0.39, 0.29) is 6.61 Å². The molecule has 0 aliphatic heterocycles. The van der Waals surface area contributed by atoms with Crippen molar-refractivity contribution in [1.29, 1.82) is 0 Å². The van der Waals surface area contributed by atoms with Gasteiger partial charge in [-0.05, 0) is 25.0 Å². The number of aromatic nitrogens is 1. The van der Waals surface area contributed by atoms with E-state index in [0.717, 1.165) is 5.52 Å². The number of rotatable bonds is 4. The smallest absolute Gasteiger partial charge is 0.402 e. The molecule has 1 aromatic carbocycles. The summed E-state index contributed by atoms with van der Waals surface area (Å²) < 4.78 is 43.4. The van der Waals surface area contributed by atoms with Crippen molar-refractivity contribution in [3.8, 4) is 0 Å². The standard InChI is InChI=1S/C14H14F3NO2/c1-2-20-13(19)11(14(15,16)17)7-9-8-18-12-6-4-3-5-10(9)12/h3-6,8,11,18H,2,7H2,1H3. The molecule has 0 spiro atoms. The highest BCUT2D eigenvalue weighted by Crippen LogP contribution is 2.32. The lowest BCUT2D eigenvalue weighted by molar-refractivity contribution is -0.197. The Bertz CT molecular complexity index is 604. The first-order valence-corrected chi connectivity index (χ1v) is 6.21. The molecule has 108 valence electrons. The fourth-order valence-electron chi connectivity index (χ4n) is 2.10. The number of H-pyrrole nitrogens is 1. The third-order valence-corrected chi connectivity index (χ3v) is 3.07. The number of esters is 1. The number of aromatic amines is 1. The summed E-state index contributed by atoms with van der Waals surface area (Å²) >= 11 is 0. The predicted octanol–water partition coefficient (Wildman–Crippen LogP) is 3.45. The Balaban J connectivity index is 2.30. The van der Waals surface area contributed by atoms with Crippen molar-refractivity contribution in [2.45, 2.75) is 19.5 Å². The molecule has 0 saturated heterocycles. The Morgan fingerprint density at radius 3 is 2.70 bits per heavy atom. The van der Waals surface area contributed by atoms with Gasteiger partial charge in [0.1, 0.15) is 0 Å². The van der Waals surface area contributed by atoms with Crippen LogP contribution in [-0.4, -0.2) is 23.7 Å². The molecule has 0 bridgehead atoms. The molecular formula is C14H14F3NO2. The van der Waals surface area contributed by atoms with Crippen LogP contribution in [0.15, 0.2) is 30.5 Å². The molecule has 2 aromatic rings. The van der Waals surface area contributed by atoms with Crippen LogP contribution in [0.4, 0.5) is 13.2 Å². The second-order valence-electron chi connectivity index (χ2n) is 4.41. The number of carbonyl (C=O) groups is 1. The van der Waals surface area contributed by atoms with Crippen LogP contribution in [0, 0.1) is 5.92 Å². The number of hydrogen-bond donors (Lipinski definition) is 1. The van der Waals surface area contributed by atoms with E-state index in [0.29, 0.717) is 10.9 Å². The minimum absolute atomic E-state index is 0.0701. The average molecular weight is 285 g/mol. The van der Waals surface area contributed by atoms with Crippen molar-refractivity contribution < 1.29 is 22.7 Å². The fraction of sp³-hybridized carbons (Fsp3) is 0.357. The predicted molar refractivity (Wildman–Crippen MR) is 68.2 cm³/mol. The maximum Gasteiger partial charge on any atom is 0.402 e. The van der Waals surface area contributed by atoms with Crippen molar-refractivity contribution in [2.75, 3.05) is 6.61 Å². The second-order valence-corrected chi connectivity index (χ2v) is 4.41. The molecule has 1 unspecified atom stereocenters. The van der Waals surface area contributed by atoms with E-state index in [2.05, 4.69) is 9.72 Å². The molecule has 6 heteroatoms. The van der Waals surface area contributed by atoms with Crippen LogP contribution in [0.5, 0.6) is 0 Å². The maximum absolute atomic E-state index is 13.0. The van der Waals surface area contributed by atoms with E-state index >= 15 is 0 Å². The van der Waals surface area contributed by atoms with Gasteiger partial charge in [-0.1, -0.05) is 18.2 Å². The summed E-state index contributed by atoms with van der Waals surface area (Å²) in [6.07, 6.45) is -3.54. The monoisotopic (exact) mass is 285 g/mol. The van der Waals surface area contributed by atoms with Crippen LogP contribution >= 0.6 is 0 Å². The zero-order valence-electron chi connectivity index (χ0n) is 10.8. The van der Waals surface area contributed by atoms with Crippen molar-refractivity contribution in [2.24, 2.45) is 5.92 Å². The van der Waals surface area contributed by atoms with Gasteiger partial charge in [0.2, 0.25) is 0 Å². The summed E-state index contributed by atoms with van der Waals surface area (Å²) in [5.74, 6) is -3.37. The van der Waals surface area contributed by atoms with E-state index in [1.54, 1.807) is 24.3 Å². The second kappa shape index (κ2) is 5.56. The fourth-order valence-corrected chi connectivity index (χ4v) is 2.10. The highest BCUT2D eigenvalue weighted by Gasteiger charge is 2.46. The first-order chi connectivity index (χ1) is 9.43. The number of alkyl halides is 3. The minimum Gasteiger partial charge on any atom is -0.466 e. The van der Waals surface area contributed by atoms with Crippen molar-refractivity contribution in [1.82, 2.24) is 4.98 Å². The lowest BCUT2D eigenvalue weighted by Crippen LogP contribution is -2.34. The van der Waals surface area contributed by atoms with E-state index < -0.39 is 24.5 Å². The number of para-hydroxylation sites is 1. The molecule has 1 N–H and O–H groups in total. The molecule has 0 aliphatic carbocycles. The number of ether oxygens (including phenoxy) is 1. The van der Waals surface area contributed by atoms with Gasteiger partial charge in [0.15, 0.2) is 5.92 Å². The van der Waals surface area contributed by atoms with Gasteiger partial charge in [-0.2, -0.15) is 13.2 Å². The molecule has 3 nitrogen and oxygen atoms in total. The normalized spacial score (nSPS) is 13.4. The SMILES string of the molecule is CCOC(=O)C(Cc1c[nH]c2ccccc12)C(F)(F)F. The summed E-state index contributed by atoms with van der Waals surface area (Å²) in [6.45, 7) is 1.41. The topological polar surface area (TPSA) is 42.1 Å². The molecule has 1 atom stereocenters. The zero-order chi connectivity index (χ0) is 14.8. The number of halogens is 3. The molecule has 1 heterocycles. The summed E-state index contributed by atoms with van der Waals surface area (Å²) in [7, 11) is 0. The summed E-state index contributed by atoms with van der Waals surface area (Å²) in [6, 6.07) is 7.02. The molecular weight excluding hydrogens is 271 g/mol. The van der Waals surface area contributed by atoms with Gasteiger partial charge >= 0.3 is 12.1 Å². The van der Waals surface area contributed by atoms with E-state index in [1.807, 2.05) is 0 Å². The van der Waals surface area contributed by atoms with Gasteiger partial charge in [-0.3, -0.25) is 4.79 Å². The lowest BCUT2D eigenvalue weighted by atomic mass is 9.98. The Morgan fingerprint density at radius 1 is 1.35 bits per heavy atom. The van der Waals surface area contributed by atoms with Crippen molar-refractivity contribution >= 4 is 16.9 Å². The molecule has 1 aromatic heterocycles. The highest BCUT2D eigenvalue weighted by atomic mass is 19.4. The maximum atomic E-state index is 13.0. The molecule has 0 radical (unpaired) electrons. The molecule has 0 saturated carbocycles. The summed E-state index contributed by atoms with van der Waals surface area (Å²) in [5.41, 5.74) is 1.20. The first kappa shape index (κ1) is 14.4. The molecule has 0 fully saturated rings. The zero-order valence-corrected chi connectivity index (χ0v) is 10.8. The van der Waals surface area contributed by atoms with Crippen LogP contribution in [-0.2, 0) is 16.0 Å². The van der Waals surface area contributed by atoms with Gasteiger partial charge in [-0.25, -0.2) is 0 Å². The average Bonchev–Trinajstić information content (AvgIpc) is 2.78. The van der Waals surface area contributed by atoms with Gasteiger partial charge in [-0.15, -0.1) is 0 Å². The van der Waals surface area contributed by atoms with Crippen LogP contribution in [0.1, 0.15) is 12.5 Å². The molecule has 0 amide bonds. The van der Waals surface area contributed by atoms with Gasteiger partial charge in [0.25, 0.3) is 0 Å². The largest absolute Gasteiger partial charge is 0.466 e. The number of nitrogens with one attached hydrogen (secondary N) is 1. The van der Waals surface area contributed by atoms with Gasteiger partial charge in [0, 0.05) is 17.1 Å².